The van der Waals surface area contributed by atoms with Crippen LogP contribution in [0.15, 0.2) is 18.2 Å². The fourth-order valence-electron chi connectivity index (χ4n) is 1.99. The number of rotatable bonds is 3. The molecule has 1 aliphatic rings. The zero-order chi connectivity index (χ0) is 14.0. The Balaban J connectivity index is 2.14. The molecule has 2 atom stereocenters. The van der Waals surface area contributed by atoms with Crippen LogP contribution in [-0.2, 0) is 14.9 Å². The molecule has 1 aromatic rings. The first-order valence-corrected chi connectivity index (χ1v) is 7.37. The second kappa shape index (κ2) is 5.40. The van der Waals surface area contributed by atoms with Crippen LogP contribution in [0.4, 0.5) is 10.2 Å². The maximum absolute atomic E-state index is 12.9. The fourth-order valence-corrected chi connectivity index (χ4v) is 3.31. The molecule has 0 aliphatic carbocycles. The van der Waals surface area contributed by atoms with Gasteiger partial charge >= 0.3 is 10.2 Å². The van der Waals surface area contributed by atoms with Crippen LogP contribution in [0.3, 0.4) is 0 Å². The van der Waals surface area contributed by atoms with E-state index in [0.29, 0.717) is 0 Å². The highest BCUT2D eigenvalue weighted by molar-refractivity contribution is 7.90. The summed E-state index contributed by atoms with van der Waals surface area (Å²) in [5.74, 6) is -0.768. The van der Waals surface area contributed by atoms with Gasteiger partial charge in [0.05, 0.1) is 12.2 Å². The number of anilines is 1. The van der Waals surface area contributed by atoms with Crippen molar-refractivity contribution in [2.45, 2.75) is 26.1 Å². The van der Waals surface area contributed by atoms with E-state index < -0.39 is 16.2 Å². The molecule has 1 aromatic heterocycles. The van der Waals surface area contributed by atoms with Gasteiger partial charge in [-0.3, -0.25) is 4.72 Å². The summed E-state index contributed by atoms with van der Waals surface area (Å²) in [5, 5.41) is 0. The molecule has 1 fully saturated rings. The van der Waals surface area contributed by atoms with Crippen LogP contribution in [0.25, 0.3) is 0 Å². The summed E-state index contributed by atoms with van der Waals surface area (Å²) in [7, 11) is -3.74. The van der Waals surface area contributed by atoms with Crippen molar-refractivity contribution in [3.8, 4) is 0 Å². The summed E-state index contributed by atoms with van der Waals surface area (Å²) in [6.07, 6.45) is -0.360. The van der Waals surface area contributed by atoms with Crippen molar-refractivity contribution in [2.24, 2.45) is 0 Å². The molecule has 8 heteroatoms. The molecule has 0 spiro atoms. The van der Waals surface area contributed by atoms with E-state index >= 15 is 0 Å². The highest BCUT2D eigenvalue weighted by Gasteiger charge is 2.31. The molecule has 6 nitrogen and oxygen atoms in total. The third-order valence-corrected chi connectivity index (χ3v) is 4.12. The van der Waals surface area contributed by atoms with Gasteiger partial charge in [-0.2, -0.15) is 17.1 Å². The topological polar surface area (TPSA) is 71.5 Å². The van der Waals surface area contributed by atoms with Gasteiger partial charge in [0.2, 0.25) is 5.95 Å². The van der Waals surface area contributed by atoms with Crippen LogP contribution in [0.2, 0.25) is 0 Å². The average Bonchev–Trinajstić information content (AvgIpc) is 2.26. The highest BCUT2D eigenvalue weighted by atomic mass is 32.2. The number of hydrogen-bond donors (Lipinski definition) is 1. The molecule has 1 N–H and O–H groups in total. The van der Waals surface area contributed by atoms with Gasteiger partial charge < -0.3 is 4.74 Å². The molecule has 2 rings (SSSR count). The maximum Gasteiger partial charge on any atom is 0.302 e. The van der Waals surface area contributed by atoms with Gasteiger partial charge in [0, 0.05) is 13.1 Å². The number of nitrogens with zero attached hydrogens (tertiary/aromatic N) is 2. The van der Waals surface area contributed by atoms with Crippen LogP contribution in [0, 0.1) is 5.95 Å². The monoisotopic (exact) mass is 289 g/mol. The molecule has 2 unspecified atom stereocenters. The van der Waals surface area contributed by atoms with E-state index in [-0.39, 0.29) is 31.1 Å². The molecule has 1 saturated heterocycles. The van der Waals surface area contributed by atoms with Crippen molar-refractivity contribution in [2.75, 3.05) is 17.8 Å². The molecule has 0 saturated carbocycles. The van der Waals surface area contributed by atoms with Crippen LogP contribution >= 0.6 is 0 Å². The lowest BCUT2D eigenvalue weighted by Crippen LogP contribution is -2.50. The van der Waals surface area contributed by atoms with Crippen LogP contribution in [-0.4, -0.2) is 43.0 Å². The van der Waals surface area contributed by atoms with Crippen molar-refractivity contribution in [3.05, 3.63) is 24.1 Å². The molecule has 0 aromatic carbocycles. The van der Waals surface area contributed by atoms with Gasteiger partial charge in [0.1, 0.15) is 5.82 Å². The van der Waals surface area contributed by atoms with Gasteiger partial charge in [-0.05, 0) is 26.0 Å². The molecule has 0 amide bonds. The van der Waals surface area contributed by atoms with Gasteiger partial charge in [0.15, 0.2) is 0 Å². The van der Waals surface area contributed by atoms with E-state index in [9.17, 15) is 12.8 Å². The Morgan fingerprint density at radius 3 is 2.58 bits per heavy atom. The molecule has 0 bridgehead atoms. The van der Waals surface area contributed by atoms with E-state index in [4.69, 9.17) is 4.74 Å². The first-order valence-electron chi connectivity index (χ1n) is 5.93. The minimum absolute atomic E-state index is 0.0354. The number of pyridine rings is 1. The zero-order valence-corrected chi connectivity index (χ0v) is 11.5. The predicted molar refractivity (Wildman–Crippen MR) is 68.3 cm³/mol. The van der Waals surface area contributed by atoms with Crippen molar-refractivity contribution in [1.29, 1.82) is 0 Å². The second-order valence-corrected chi connectivity index (χ2v) is 6.20. The Morgan fingerprint density at radius 1 is 1.37 bits per heavy atom. The Labute approximate surface area is 111 Å². The van der Waals surface area contributed by atoms with Crippen molar-refractivity contribution >= 4 is 16.0 Å². The fraction of sp³-hybridized carbons (Fsp3) is 0.545. The molecule has 0 radical (unpaired) electrons. The van der Waals surface area contributed by atoms with Crippen LogP contribution in [0.5, 0.6) is 0 Å². The lowest BCUT2D eigenvalue weighted by Gasteiger charge is -2.34. The van der Waals surface area contributed by atoms with Gasteiger partial charge in [0.25, 0.3) is 0 Å². The highest BCUT2D eigenvalue weighted by Crippen LogP contribution is 2.16. The number of aromatic nitrogens is 1. The summed E-state index contributed by atoms with van der Waals surface area (Å²) in [4.78, 5) is 3.48. The summed E-state index contributed by atoms with van der Waals surface area (Å²) in [6, 6.07) is 3.94. The molecule has 106 valence electrons. The zero-order valence-electron chi connectivity index (χ0n) is 10.7. The lowest BCUT2D eigenvalue weighted by molar-refractivity contribution is -0.0439. The largest absolute Gasteiger partial charge is 0.373 e. The summed E-state index contributed by atoms with van der Waals surface area (Å²) < 4.78 is 46.2. The van der Waals surface area contributed by atoms with Gasteiger partial charge in [-0.15, -0.1) is 0 Å². The van der Waals surface area contributed by atoms with Crippen molar-refractivity contribution in [1.82, 2.24) is 9.29 Å². The molecule has 2 heterocycles. The molecular weight excluding hydrogens is 273 g/mol. The summed E-state index contributed by atoms with van der Waals surface area (Å²) in [6.45, 7) is 4.13. The van der Waals surface area contributed by atoms with Crippen LogP contribution < -0.4 is 4.72 Å². The first-order chi connectivity index (χ1) is 8.87. The average molecular weight is 289 g/mol. The number of ether oxygens (including phenoxy) is 1. The summed E-state index contributed by atoms with van der Waals surface area (Å²) in [5.41, 5.74) is 0. The number of hydrogen-bond acceptors (Lipinski definition) is 4. The molecule has 19 heavy (non-hydrogen) atoms. The molecular formula is C11H16FN3O3S. The minimum atomic E-state index is -3.74. The van der Waals surface area contributed by atoms with E-state index in [2.05, 4.69) is 9.71 Å². The lowest BCUT2D eigenvalue weighted by atomic mass is 10.3. The van der Waals surface area contributed by atoms with Gasteiger partial charge in [-0.25, -0.2) is 4.98 Å². The maximum atomic E-state index is 12.9. The Morgan fingerprint density at radius 2 is 2.00 bits per heavy atom. The predicted octanol–water partition coefficient (Wildman–Crippen LogP) is 0.987. The standard InChI is InChI=1S/C11H16FN3O3S/c1-8-6-15(7-9(2)18-8)19(16,17)14-11-5-3-4-10(12)13-11/h3-5,8-9H,6-7H2,1-2H3,(H,13,14). The first kappa shape index (κ1) is 14.2. The van der Waals surface area contributed by atoms with E-state index in [0.717, 1.165) is 6.07 Å². The second-order valence-electron chi connectivity index (χ2n) is 4.53. The van der Waals surface area contributed by atoms with Crippen molar-refractivity contribution < 1.29 is 17.5 Å². The summed E-state index contributed by atoms with van der Waals surface area (Å²) >= 11 is 0. The van der Waals surface area contributed by atoms with Crippen LogP contribution in [0.1, 0.15) is 13.8 Å². The van der Waals surface area contributed by atoms with Crippen molar-refractivity contribution in [3.63, 3.8) is 0 Å². The number of morpholine rings is 1. The van der Waals surface area contributed by atoms with Gasteiger partial charge in [-0.1, -0.05) is 6.07 Å². The third-order valence-electron chi connectivity index (χ3n) is 2.67. The minimum Gasteiger partial charge on any atom is -0.373 e. The SMILES string of the molecule is CC1CN(S(=O)(=O)Nc2cccc(F)n2)CC(C)O1. The van der Waals surface area contributed by atoms with E-state index in [1.807, 2.05) is 0 Å². The number of halogens is 1. The normalized spacial score (nSPS) is 25.2. The Bertz CT molecular complexity index is 542. The Hall–Kier alpha value is -1.25. The quantitative estimate of drug-likeness (QED) is 0.842. The Kier molecular flexibility index (Phi) is 4.02. The molecule has 1 aliphatic heterocycles. The number of nitrogens with one attached hydrogen (secondary N) is 1. The smallest absolute Gasteiger partial charge is 0.302 e. The van der Waals surface area contributed by atoms with E-state index in [1.165, 1.54) is 16.4 Å². The third kappa shape index (κ3) is 3.62. The van der Waals surface area contributed by atoms with E-state index in [1.54, 1.807) is 13.8 Å².